The smallest absolute Gasteiger partial charge is 0.272 e. The number of nitrogens with two attached hydrogens (primary N) is 1. The molecule has 0 bridgehead atoms. The van der Waals surface area contributed by atoms with E-state index in [1.54, 1.807) is 23.2 Å². The Morgan fingerprint density at radius 2 is 2.24 bits per heavy atom. The van der Waals surface area contributed by atoms with Crippen molar-refractivity contribution < 1.29 is 9.53 Å². The molecule has 0 radical (unpaired) electrons. The van der Waals surface area contributed by atoms with E-state index in [4.69, 9.17) is 10.5 Å². The van der Waals surface area contributed by atoms with Crippen LogP contribution in [0.4, 0.5) is 0 Å². The van der Waals surface area contributed by atoms with Crippen LogP contribution in [0, 0.1) is 17.8 Å². The number of carbonyl (C=O) groups excluding carboxylic acids is 1. The van der Waals surface area contributed by atoms with Gasteiger partial charge in [-0.25, -0.2) is 4.98 Å². The normalized spacial score (nSPS) is 15.1. The summed E-state index contributed by atoms with van der Waals surface area (Å²) in [6.45, 7) is 2.64. The monoisotopic (exact) mass is 287 g/mol. The molecule has 1 amide bonds. The molecule has 1 fully saturated rings. The quantitative estimate of drug-likeness (QED) is 0.838. The maximum atomic E-state index is 12.3. The summed E-state index contributed by atoms with van der Waals surface area (Å²) >= 11 is 0. The molecule has 1 aromatic heterocycles. The van der Waals surface area contributed by atoms with Crippen LogP contribution in [-0.2, 0) is 4.74 Å². The second kappa shape index (κ2) is 7.77. The van der Waals surface area contributed by atoms with Gasteiger partial charge in [0.15, 0.2) is 0 Å². The van der Waals surface area contributed by atoms with Crippen LogP contribution in [-0.4, -0.2) is 49.1 Å². The van der Waals surface area contributed by atoms with Crippen molar-refractivity contribution in [2.75, 3.05) is 33.4 Å². The fourth-order valence-electron chi connectivity index (χ4n) is 2.34. The zero-order valence-corrected chi connectivity index (χ0v) is 12.3. The number of aromatic nitrogens is 1. The second-order valence-electron chi connectivity index (χ2n) is 5.18. The van der Waals surface area contributed by atoms with Crippen LogP contribution in [0.1, 0.15) is 28.9 Å². The lowest BCUT2D eigenvalue weighted by Crippen LogP contribution is -2.34. The Morgan fingerprint density at radius 3 is 2.86 bits per heavy atom. The van der Waals surface area contributed by atoms with Gasteiger partial charge in [-0.15, -0.1) is 0 Å². The van der Waals surface area contributed by atoms with Gasteiger partial charge < -0.3 is 15.4 Å². The van der Waals surface area contributed by atoms with Crippen molar-refractivity contribution in [1.82, 2.24) is 9.88 Å². The highest BCUT2D eigenvalue weighted by Gasteiger charge is 2.20. The topological polar surface area (TPSA) is 68.5 Å². The molecule has 0 spiro atoms. The van der Waals surface area contributed by atoms with E-state index in [-0.39, 0.29) is 5.91 Å². The fraction of sp³-hybridized carbons (Fsp3) is 0.500. The number of hydrogen-bond acceptors (Lipinski definition) is 4. The lowest BCUT2D eigenvalue weighted by molar-refractivity contribution is 0.0495. The number of pyridine rings is 1. The van der Waals surface area contributed by atoms with Crippen LogP contribution in [0.5, 0.6) is 0 Å². The first-order valence-electron chi connectivity index (χ1n) is 7.19. The number of amides is 1. The molecule has 1 aromatic rings. The summed E-state index contributed by atoms with van der Waals surface area (Å²) in [5.41, 5.74) is 6.53. The summed E-state index contributed by atoms with van der Waals surface area (Å²) in [4.78, 5) is 18.2. The molecule has 0 unspecified atom stereocenters. The lowest BCUT2D eigenvalue weighted by atomic mass is 10.00. The van der Waals surface area contributed by atoms with E-state index in [2.05, 4.69) is 16.8 Å². The predicted octanol–water partition coefficient (Wildman–Crippen LogP) is 0.890. The molecule has 2 heterocycles. The Balaban J connectivity index is 1.94. The summed E-state index contributed by atoms with van der Waals surface area (Å²) in [6, 6.07) is 3.51. The first-order valence-corrected chi connectivity index (χ1v) is 7.19. The molecule has 112 valence electrons. The van der Waals surface area contributed by atoms with Gasteiger partial charge in [0.2, 0.25) is 0 Å². The van der Waals surface area contributed by atoms with Crippen molar-refractivity contribution >= 4 is 5.91 Å². The molecule has 5 nitrogen and oxygen atoms in total. The Kier molecular flexibility index (Phi) is 5.73. The van der Waals surface area contributed by atoms with Crippen LogP contribution in [0.3, 0.4) is 0 Å². The zero-order chi connectivity index (χ0) is 15.1. The molecular formula is C16H21N3O2. The molecule has 21 heavy (non-hydrogen) atoms. The minimum Gasteiger partial charge on any atom is -0.381 e. The third-order valence-corrected chi connectivity index (χ3v) is 3.54. The Hall–Kier alpha value is -1.90. The average molecular weight is 287 g/mol. The number of hydrogen-bond donors (Lipinski definition) is 1. The third kappa shape index (κ3) is 4.55. The van der Waals surface area contributed by atoms with Gasteiger partial charge in [-0.3, -0.25) is 4.79 Å². The van der Waals surface area contributed by atoms with Crippen LogP contribution >= 0.6 is 0 Å². The fourth-order valence-corrected chi connectivity index (χ4v) is 2.34. The van der Waals surface area contributed by atoms with Crippen molar-refractivity contribution in [2.24, 2.45) is 11.7 Å². The van der Waals surface area contributed by atoms with Gasteiger partial charge in [0, 0.05) is 38.6 Å². The van der Waals surface area contributed by atoms with Crippen molar-refractivity contribution in [1.29, 1.82) is 0 Å². The van der Waals surface area contributed by atoms with Crippen LogP contribution < -0.4 is 5.73 Å². The predicted molar refractivity (Wildman–Crippen MR) is 80.7 cm³/mol. The Bertz CT molecular complexity index is 525. The lowest BCUT2D eigenvalue weighted by Gasteiger charge is -2.27. The largest absolute Gasteiger partial charge is 0.381 e. The number of rotatable bonds is 3. The average Bonchev–Trinajstić information content (AvgIpc) is 2.53. The maximum absolute atomic E-state index is 12.3. The second-order valence-corrected chi connectivity index (χ2v) is 5.18. The Labute approximate surface area is 125 Å². The minimum atomic E-state index is -0.0557. The number of carbonyl (C=O) groups is 1. The number of nitrogens with zero attached hydrogens (tertiary/aromatic N) is 2. The summed E-state index contributed by atoms with van der Waals surface area (Å²) in [6.07, 6.45) is 3.63. The van der Waals surface area contributed by atoms with E-state index >= 15 is 0 Å². The molecule has 1 aliphatic rings. The first kappa shape index (κ1) is 15.5. The molecule has 0 saturated carbocycles. The zero-order valence-electron chi connectivity index (χ0n) is 12.3. The van der Waals surface area contributed by atoms with Crippen LogP contribution in [0.25, 0.3) is 0 Å². The SMILES string of the molecule is CN(CC1CCOCC1)C(=O)c1ccc(C#CCN)cn1. The molecular weight excluding hydrogens is 266 g/mol. The van der Waals surface area contributed by atoms with Gasteiger partial charge >= 0.3 is 0 Å². The van der Waals surface area contributed by atoms with E-state index in [0.717, 1.165) is 38.2 Å². The van der Waals surface area contributed by atoms with Gasteiger partial charge in [0.25, 0.3) is 5.91 Å². The highest BCUT2D eigenvalue weighted by molar-refractivity contribution is 5.92. The van der Waals surface area contributed by atoms with Gasteiger partial charge in [-0.2, -0.15) is 0 Å². The summed E-state index contributed by atoms with van der Waals surface area (Å²) in [5.74, 6) is 6.11. The third-order valence-electron chi connectivity index (χ3n) is 3.54. The van der Waals surface area contributed by atoms with E-state index in [1.807, 2.05) is 7.05 Å². The number of ether oxygens (including phenoxy) is 1. The van der Waals surface area contributed by atoms with Crippen molar-refractivity contribution in [3.05, 3.63) is 29.6 Å². The highest BCUT2D eigenvalue weighted by Crippen LogP contribution is 2.16. The van der Waals surface area contributed by atoms with Gasteiger partial charge in [0.05, 0.1) is 6.54 Å². The first-order chi connectivity index (χ1) is 10.2. The van der Waals surface area contributed by atoms with Gasteiger partial charge in [-0.1, -0.05) is 11.8 Å². The molecule has 2 rings (SSSR count). The molecule has 0 aromatic carbocycles. The highest BCUT2D eigenvalue weighted by atomic mass is 16.5. The molecule has 0 aliphatic carbocycles. The van der Waals surface area contributed by atoms with Gasteiger partial charge in [-0.05, 0) is 30.9 Å². The van der Waals surface area contributed by atoms with Crippen LogP contribution in [0.2, 0.25) is 0 Å². The summed E-state index contributed by atoms with van der Waals surface area (Å²) < 4.78 is 5.33. The molecule has 2 N–H and O–H groups in total. The van der Waals surface area contributed by atoms with Crippen molar-refractivity contribution in [3.8, 4) is 11.8 Å². The molecule has 1 saturated heterocycles. The van der Waals surface area contributed by atoms with E-state index in [0.29, 0.717) is 18.2 Å². The summed E-state index contributed by atoms with van der Waals surface area (Å²) in [5, 5.41) is 0. The van der Waals surface area contributed by atoms with Crippen molar-refractivity contribution in [2.45, 2.75) is 12.8 Å². The Morgan fingerprint density at radius 1 is 1.48 bits per heavy atom. The minimum absolute atomic E-state index is 0.0557. The molecule has 5 heteroatoms. The van der Waals surface area contributed by atoms with E-state index in [9.17, 15) is 4.79 Å². The molecule has 0 atom stereocenters. The van der Waals surface area contributed by atoms with Crippen molar-refractivity contribution in [3.63, 3.8) is 0 Å². The molecule has 1 aliphatic heterocycles. The van der Waals surface area contributed by atoms with E-state index < -0.39 is 0 Å². The van der Waals surface area contributed by atoms with Crippen LogP contribution in [0.15, 0.2) is 18.3 Å². The van der Waals surface area contributed by atoms with Gasteiger partial charge in [0.1, 0.15) is 5.69 Å². The maximum Gasteiger partial charge on any atom is 0.272 e. The van der Waals surface area contributed by atoms with E-state index in [1.165, 1.54) is 0 Å². The standard InChI is InChI=1S/C16H21N3O2/c1-19(12-14-6-9-21-10-7-14)16(20)15-5-4-13(11-18-15)3-2-8-17/h4-5,11,14H,6-10,12,17H2,1H3. The summed E-state index contributed by atoms with van der Waals surface area (Å²) in [7, 11) is 1.82.